The second-order valence-electron chi connectivity index (χ2n) is 4.42. The van der Waals surface area contributed by atoms with E-state index in [-0.39, 0.29) is 12.0 Å². The van der Waals surface area contributed by atoms with Crippen LogP contribution in [0.15, 0.2) is 23.3 Å². The van der Waals surface area contributed by atoms with Gasteiger partial charge >= 0.3 is 6.03 Å². The molecule has 0 atom stereocenters. The van der Waals surface area contributed by atoms with Crippen LogP contribution in [0, 0.1) is 0 Å². The van der Waals surface area contributed by atoms with E-state index in [0.717, 1.165) is 31.2 Å². The van der Waals surface area contributed by atoms with E-state index < -0.39 is 0 Å². The highest BCUT2D eigenvalue weighted by molar-refractivity contribution is 5.96. The summed E-state index contributed by atoms with van der Waals surface area (Å²) in [4.78, 5) is 19.8. The largest absolute Gasteiger partial charge is 0.369 e. The molecule has 1 rings (SSSR count). The van der Waals surface area contributed by atoms with Crippen LogP contribution in [0.4, 0.5) is 10.6 Å². The summed E-state index contributed by atoms with van der Waals surface area (Å²) in [5, 5.41) is 5.23. The van der Waals surface area contributed by atoms with Gasteiger partial charge in [0.15, 0.2) is 5.82 Å². The molecule has 4 N–H and O–H groups in total. The number of aryl methyl sites for hydroxylation is 1. The van der Waals surface area contributed by atoms with Gasteiger partial charge in [0, 0.05) is 12.7 Å². The Morgan fingerprint density at radius 2 is 2.20 bits per heavy atom. The number of nitrogens with two attached hydrogens (primary N) is 1. The first-order chi connectivity index (χ1) is 9.67. The first kappa shape index (κ1) is 15.9. The van der Waals surface area contributed by atoms with Crippen molar-refractivity contribution in [2.75, 3.05) is 6.54 Å². The number of unbranched alkanes of at least 4 members (excludes halogenated alkanes) is 2. The summed E-state index contributed by atoms with van der Waals surface area (Å²) in [7, 11) is 0. The lowest BCUT2D eigenvalue weighted by molar-refractivity contribution is 0.245. The molecule has 0 aliphatic carbocycles. The predicted molar refractivity (Wildman–Crippen MR) is 81.0 cm³/mol. The van der Waals surface area contributed by atoms with Crippen LogP contribution in [0.3, 0.4) is 0 Å². The average molecular weight is 277 g/mol. The Bertz CT molecular complexity index is 459. The molecule has 0 aliphatic heterocycles. The maximum absolute atomic E-state index is 11.6. The topological polar surface area (TPSA) is 92.4 Å². The Labute approximate surface area is 119 Å². The highest BCUT2D eigenvalue weighted by atomic mass is 16.2. The number of aromatic nitrogens is 1. The summed E-state index contributed by atoms with van der Waals surface area (Å²) >= 11 is 0. The summed E-state index contributed by atoms with van der Waals surface area (Å²) in [5.41, 5.74) is 6.69. The summed E-state index contributed by atoms with van der Waals surface area (Å²) in [6.07, 6.45) is 5.63. The smallest absolute Gasteiger partial charge is 0.321 e. The third-order valence-corrected chi connectivity index (χ3v) is 2.78. The molecule has 110 valence electrons. The molecule has 1 aromatic heterocycles. The van der Waals surface area contributed by atoms with Crippen molar-refractivity contribution in [2.24, 2.45) is 10.7 Å². The van der Waals surface area contributed by atoms with Gasteiger partial charge in [0.2, 0.25) is 5.96 Å². The minimum Gasteiger partial charge on any atom is -0.369 e. The van der Waals surface area contributed by atoms with Gasteiger partial charge in [-0.05, 0) is 24.5 Å². The van der Waals surface area contributed by atoms with E-state index in [1.165, 1.54) is 0 Å². The average Bonchev–Trinajstić information content (AvgIpc) is 2.44. The number of pyridine rings is 1. The fraction of sp³-hybridized carbons (Fsp3) is 0.500. The zero-order valence-corrected chi connectivity index (χ0v) is 12.1. The lowest BCUT2D eigenvalue weighted by atomic mass is 10.2. The lowest BCUT2D eigenvalue weighted by Gasteiger charge is -2.07. The Balaban J connectivity index is 2.50. The molecule has 0 spiro atoms. The van der Waals surface area contributed by atoms with Crippen molar-refractivity contribution in [3.8, 4) is 0 Å². The maximum Gasteiger partial charge on any atom is 0.321 e. The van der Waals surface area contributed by atoms with Gasteiger partial charge in [0.25, 0.3) is 0 Å². The van der Waals surface area contributed by atoms with Gasteiger partial charge in [-0.25, -0.2) is 9.78 Å². The van der Waals surface area contributed by atoms with Gasteiger partial charge in [0.1, 0.15) is 0 Å². The van der Waals surface area contributed by atoms with Crippen LogP contribution in [0.5, 0.6) is 0 Å². The molecule has 1 aromatic rings. The second kappa shape index (κ2) is 8.90. The number of urea groups is 1. The minimum atomic E-state index is -0.337. The van der Waals surface area contributed by atoms with Crippen molar-refractivity contribution in [1.82, 2.24) is 15.6 Å². The molecule has 2 amide bonds. The SMILES string of the molecule is CCCCCNC(=O)N/C(N)=N/c1ncccc1CC. The third-order valence-electron chi connectivity index (χ3n) is 2.78. The van der Waals surface area contributed by atoms with Gasteiger partial charge in [0.05, 0.1) is 0 Å². The van der Waals surface area contributed by atoms with Crippen LogP contribution in [0.25, 0.3) is 0 Å². The van der Waals surface area contributed by atoms with E-state index in [1.807, 2.05) is 19.1 Å². The molecule has 0 saturated heterocycles. The fourth-order valence-corrected chi connectivity index (χ4v) is 1.69. The Hall–Kier alpha value is -2.11. The van der Waals surface area contributed by atoms with Crippen LogP contribution < -0.4 is 16.4 Å². The van der Waals surface area contributed by atoms with E-state index in [0.29, 0.717) is 12.4 Å². The van der Waals surface area contributed by atoms with E-state index in [4.69, 9.17) is 5.73 Å². The number of nitrogens with one attached hydrogen (secondary N) is 2. The lowest BCUT2D eigenvalue weighted by Crippen LogP contribution is -2.43. The van der Waals surface area contributed by atoms with Crippen molar-refractivity contribution >= 4 is 17.8 Å². The summed E-state index contributed by atoms with van der Waals surface area (Å²) in [6.45, 7) is 4.76. The number of carbonyl (C=O) groups excluding carboxylic acids is 1. The summed E-state index contributed by atoms with van der Waals surface area (Å²) in [6, 6.07) is 3.45. The van der Waals surface area contributed by atoms with Crippen molar-refractivity contribution in [2.45, 2.75) is 39.5 Å². The van der Waals surface area contributed by atoms with Gasteiger partial charge < -0.3 is 11.1 Å². The van der Waals surface area contributed by atoms with Crippen LogP contribution in [0.1, 0.15) is 38.7 Å². The number of guanidine groups is 1. The third kappa shape index (κ3) is 5.69. The molecule has 1 heterocycles. The van der Waals surface area contributed by atoms with Gasteiger partial charge in [-0.1, -0.05) is 32.8 Å². The Morgan fingerprint density at radius 1 is 1.40 bits per heavy atom. The van der Waals surface area contributed by atoms with Gasteiger partial charge in [-0.15, -0.1) is 0 Å². The molecular weight excluding hydrogens is 254 g/mol. The molecule has 6 nitrogen and oxygen atoms in total. The van der Waals surface area contributed by atoms with Crippen LogP contribution in [0.2, 0.25) is 0 Å². The molecule has 0 bridgehead atoms. The van der Waals surface area contributed by atoms with Crippen molar-refractivity contribution in [3.63, 3.8) is 0 Å². The summed E-state index contributed by atoms with van der Waals surface area (Å²) in [5.74, 6) is 0.588. The zero-order valence-electron chi connectivity index (χ0n) is 12.1. The molecular formula is C14H23N5O. The number of carbonyl (C=O) groups is 1. The molecule has 20 heavy (non-hydrogen) atoms. The second-order valence-corrected chi connectivity index (χ2v) is 4.42. The highest BCUT2D eigenvalue weighted by Gasteiger charge is 2.04. The van der Waals surface area contributed by atoms with Crippen molar-refractivity contribution in [1.29, 1.82) is 0 Å². The first-order valence-corrected chi connectivity index (χ1v) is 7.00. The predicted octanol–water partition coefficient (Wildman–Crippen LogP) is 2.08. The first-order valence-electron chi connectivity index (χ1n) is 7.00. The van der Waals surface area contributed by atoms with Gasteiger partial charge in [-0.2, -0.15) is 4.99 Å². The normalized spacial score (nSPS) is 11.2. The molecule has 0 radical (unpaired) electrons. The quantitative estimate of drug-likeness (QED) is 0.422. The van der Waals surface area contributed by atoms with Crippen LogP contribution in [-0.4, -0.2) is 23.5 Å². The summed E-state index contributed by atoms with van der Waals surface area (Å²) < 4.78 is 0. The Morgan fingerprint density at radius 3 is 2.90 bits per heavy atom. The number of nitrogens with zero attached hydrogens (tertiary/aromatic N) is 2. The molecule has 0 saturated carbocycles. The molecule has 0 aliphatic rings. The van der Waals surface area contributed by atoms with E-state index in [9.17, 15) is 4.79 Å². The van der Waals surface area contributed by atoms with Crippen LogP contribution in [-0.2, 0) is 6.42 Å². The zero-order chi connectivity index (χ0) is 14.8. The fourth-order valence-electron chi connectivity index (χ4n) is 1.69. The maximum atomic E-state index is 11.6. The number of amides is 2. The minimum absolute atomic E-state index is 0.0476. The van der Waals surface area contributed by atoms with E-state index in [1.54, 1.807) is 6.20 Å². The number of hydrogen-bond donors (Lipinski definition) is 3. The molecule has 0 unspecified atom stereocenters. The molecule has 0 fully saturated rings. The number of aliphatic imine (C=N–C) groups is 1. The van der Waals surface area contributed by atoms with Gasteiger partial charge in [-0.3, -0.25) is 5.32 Å². The van der Waals surface area contributed by atoms with Crippen LogP contribution >= 0.6 is 0 Å². The monoisotopic (exact) mass is 277 g/mol. The molecule has 0 aromatic carbocycles. The standard InChI is InChI=1S/C14H23N5O/c1-3-5-6-9-17-14(20)19-13(15)18-12-11(4-2)8-7-10-16-12/h7-8,10H,3-6,9H2,1-2H3,(H4,15,16,17,18,19,20). The number of hydrogen-bond acceptors (Lipinski definition) is 3. The highest BCUT2D eigenvalue weighted by Crippen LogP contribution is 2.14. The van der Waals surface area contributed by atoms with E-state index >= 15 is 0 Å². The van der Waals surface area contributed by atoms with Crippen molar-refractivity contribution in [3.05, 3.63) is 23.9 Å². The molecule has 6 heteroatoms. The Kier molecular flexibility index (Phi) is 7.10. The van der Waals surface area contributed by atoms with Crippen molar-refractivity contribution < 1.29 is 4.79 Å². The van der Waals surface area contributed by atoms with E-state index in [2.05, 4.69) is 27.5 Å². The number of rotatable bonds is 6.